The van der Waals surface area contributed by atoms with E-state index in [2.05, 4.69) is 22.0 Å². The molecule has 1 aromatic rings. The molecule has 0 aromatic carbocycles. The molecule has 4 nitrogen and oxygen atoms in total. The number of rotatable bonds is 7. The second-order valence-corrected chi connectivity index (χ2v) is 4.39. The molecule has 1 aromatic heterocycles. The minimum atomic E-state index is -0.149. The third kappa shape index (κ3) is 4.28. The first-order chi connectivity index (χ1) is 7.77. The molecule has 0 aliphatic heterocycles. The number of nitrogens with one attached hydrogen (secondary N) is 1. The van der Waals surface area contributed by atoms with Gasteiger partial charge in [0.2, 0.25) is 0 Å². The molecule has 1 atom stereocenters. The van der Waals surface area contributed by atoms with Gasteiger partial charge in [-0.2, -0.15) is 0 Å². The summed E-state index contributed by atoms with van der Waals surface area (Å²) < 4.78 is 4.58. The van der Waals surface area contributed by atoms with Crippen molar-refractivity contribution in [2.75, 3.05) is 13.7 Å². The smallest absolute Gasteiger partial charge is 0.305 e. The van der Waals surface area contributed by atoms with Gasteiger partial charge in [0.05, 0.1) is 13.2 Å². The highest BCUT2D eigenvalue weighted by Crippen LogP contribution is 2.18. The molecule has 1 rings (SSSR count). The van der Waals surface area contributed by atoms with Gasteiger partial charge in [0.25, 0.3) is 0 Å². The Kier molecular flexibility index (Phi) is 6.03. The molecule has 0 radical (unpaired) electrons. The molecule has 0 bridgehead atoms. The highest BCUT2D eigenvalue weighted by molar-refractivity contribution is 7.09. The Hall–Kier alpha value is -0.940. The van der Waals surface area contributed by atoms with E-state index < -0.39 is 0 Å². The number of carbonyl (C=O) groups excluding carboxylic acids is 1. The number of nitrogens with zero attached hydrogens (tertiary/aromatic N) is 1. The van der Waals surface area contributed by atoms with Gasteiger partial charge in [-0.3, -0.25) is 4.79 Å². The molecule has 0 aliphatic carbocycles. The van der Waals surface area contributed by atoms with Crippen LogP contribution in [0.3, 0.4) is 0 Å². The van der Waals surface area contributed by atoms with Gasteiger partial charge in [-0.15, -0.1) is 11.3 Å². The Morgan fingerprint density at radius 3 is 3.06 bits per heavy atom. The molecular weight excluding hydrogens is 224 g/mol. The normalized spacial score (nSPS) is 12.4. The summed E-state index contributed by atoms with van der Waals surface area (Å²) in [5, 5.41) is 6.48. The van der Waals surface area contributed by atoms with Crippen LogP contribution in [0.4, 0.5) is 0 Å². The fraction of sp³-hybridized carbons (Fsp3) is 0.636. The third-order valence-electron chi connectivity index (χ3n) is 2.33. The molecule has 16 heavy (non-hydrogen) atoms. The van der Waals surface area contributed by atoms with Crippen molar-refractivity contribution in [1.29, 1.82) is 0 Å². The van der Waals surface area contributed by atoms with E-state index in [0.717, 1.165) is 24.4 Å². The van der Waals surface area contributed by atoms with Crippen molar-refractivity contribution in [3.8, 4) is 0 Å². The van der Waals surface area contributed by atoms with E-state index in [9.17, 15) is 4.79 Å². The number of carbonyl (C=O) groups is 1. The number of hydrogen-bond acceptors (Lipinski definition) is 5. The van der Waals surface area contributed by atoms with Gasteiger partial charge in [0, 0.05) is 18.0 Å². The molecule has 0 amide bonds. The first-order valence-corrected chi connectivity index (χ1v) is 6.35. The van der Waals surface area contributed by atoms with Crippen LogP contribution in [0.2, 0.25) is 0 Å². The minimum Gasteiger partial charge on any atom is -0.469 e. The van der Waals surface area contributed by atoms with E-state index in [0.29, 0.717) is 12.5 Å². The molecule has 90 valence electrons. The summed E-state index contributed by atoms with van der Waals surface area (Å²) in [6.07, 6.45) is 4.09. The summed E-state index contributed by atoms with van der Waals surface area (Å²) in [4.78, 5) is 15.2. The zero-order valence-corrected chi connectivity index (χ0v) is 10.5. The number of aromatic nitrogens is 1. The molecule has 0 saturated heterocycles. The van der Waals surface area contributed by atoms with Crippen LogP contribution in [0.25, 0.3) is 0 Å². The Bertz CT molecular complexity index is 301. The van der Waals surface area contributed by atoms with Crippen LogP contribution < -0.4 is 5.32 Å². The summed E-state index contributed by atoms with van der Waals surface area (Å²) in [7, 11) is 1.42. The van der Waals surface area contributed by atoms with E-state index in [1.165, 1.54) is 7.11 Å². The van der Waals surface area contributed by atoms with Gasteiger partial charge in [-0.1, -0.05) is 6.92 Å². The average Bonchev–Trinajstić information content (AvgIpc) is 2.82. The molecule has 0 saturated carbocycles. The van der Waals surface area contributed by atoms with Gasteiger partial charge in [0.15, 0.2) is 0 Å². The lowest BCUT2D eigenvalue weighted by Crippen LogP contribution is -2.22. The van der Waals surface area contributed by atoms with Gasteiger partial charge in [0.1, 0.15) is 5.01 Å². The Balaban J connectivity index is 2.22. The Labute approximate surface area is 100 Å². The van der Waals surface area contributed by atoms with Gasteiger partial charge in [-0.25, -0.2) is 4.98 Å². The largest absolute Gasteiger partial charge is 0.469 e. The summed E-state index contributed by atoms with van der Waals surface area (Å²) in [6, 6.07) is 0.303. The number of hydrogen-bond donors (Lipinski definition) is 1. The van der Waals surface area contributed by atoms with Crippen molar-refractivity contribution >= 4 is 17.3 Å². The van der Waals surface area contributed by atoms with Crippen LogP contribution in [0.1, 0.15) is 37.2 Å². The number of thiazole rings is 1. The van der Waals surface area contributed by atoms with Crippen LogP contribution in [0, 0.1) is 0 Å². The zero-order chi connectivity index (χ0) is 11.8. The second-order valence-electron chi connectivity index (χ2n) is 3.46. The molecule has 0 spiro atoms. The van der Waals surface area contributed by atoms with E-state index in [-0.39, 0.29) is 5.97 Å². The van der Waals surface area contributed by atoms with E-state index in [1.54, 1.807) is 11.3 Å². The molecular formula is C11H18N2O2S. The van der Waals surface area contributed by atoms with Crippen LogP contribution >= 0.6 is 11.3 Å². The first kappa shape index (κ1) is 13.1. The lowest BCUT2D eigenvalue weighted by Gasteiger charge is -2.13. The minimum absolute atomic E-state index is 0.149. The number of esters is 1. The Morgan fingerprint density at radius 2 is 2.50 bits per heavy atom. The standard InChI is InChI=1S/C11H18N2O2S/c1-3-9(11-13-7-8-16-11)12-6-4-5-10(14)15-2/h7-9,12H,3-6H2,1-2H3. The molecule has 0 aliphatic rings. The van der Waals surface area contributed by atoms with Gasteiger partial charge in [-0.05, 0) is 19.4 Å². The average molecular weight is 242 g/mol. The van der Waals surface area contributed by atoms with Crippen molar-refractivity contribution in [1.82, 2.24) is 10.3 Å². The second kappa shape index (κ2) is 7.35. The Morgan fingerprint density at radius 1 is 1.69 bits per heavy atom. The summed E-state index contributed by atoms with van der Waals surface area (Å²) >= 11 is 1.66. The lowest BCUT2D eigenvalue weighted by atomic mass is 10.2. The SMILES string of the molecule is CCC(NCCCC(=O)OC)c1nccs1. The van der Waals surface area contributed by atoms with E-state index in [1.807, 2.05) is 11.6 Å². The van der Waals surface area contributed by atoms with Crippen LogP contribution in [0.15, 0.2) is 11.6 Å². The fourth-order valence-electron chi connectivity index (χ4n) is 1.42. The maximum atomic E-state index is 10.9. The van der Waals surface area contributed by atoms with Crippen molar-refractivity contribution in [3.63, 3.8) is 0 Å². The molecule has 1 unspecified atom stereocenters. The van der Waals surface area contributed by atoms with Crippen molar-refractivity contribution in [2.24, 2.45) is 0 Å². The maximum absolute atomic E-state index is 10.9. The van der Waals surface area contributed by atoms with Gasteiger partial charge < -0.3 is 10.1 Å². The van der Waals surface area contributed by atoms with Crippen molar-refractivity contribution in [3.05, 3.63) is 16.6 Å². The molecule has 1 heterocycles. The fourth-order valence-corrected chi connectivity index (χ4v) is 2.22. The monoisotopic (exact) mass is 242 g/mol. The highest BCUT2D eigenvalue weighted by atomic mass is 32.1. The summed E-state index contributed by atoms with van der Waals surface area (Å²) in [6.45, 7) is 2.94. The topological polar surface area (TPSA) is 51.2 Å². The van der Waals surface area contributed by atoms with Crippen LogP contribution in [-0.4, -0.2) is 24.6 Å². The number of methoxy groups -OCH3 is 1. The van der Waals surface area contributed by atoms with Crippen molar-refractivity contribution in [2.45, 2.75) is 32.2 Å². The molecule has 5 heteroatoms. The van der Waals surface area contributed by atoms with Crippen molar-refractivity contribution < 1.29 is 9.53 Å². The maximum Gasteiger partial charge on any atom is 0.305 e. The third-order valence-corrected chi connectivity index (χ3v) is 3.22. The quantitative estimate of drug-likeness (QED) is 0.588. The summed E-state index contributed by atoms with van der Waals surface area (Å²) in [5.74, 6) is -0.149. The predicted molar refractivity (Wildman–Crippen MR) is 64.4 cm³/mol. The first-order valence-electron chi connectivity index (χ1n) is 5.47. The van der Waals surface area contributed by atoms with E-state index in [4.69, 9.17) is 0 Å². The molecule has 0 fully saturated rings. The highest BCUT2D eigenvalue weighted by Gasteiger charge is 2.10. The predicted octanol–water partition coefficient (Wildman–Crippen LogP) is 2.14. The van der Waals surface area contributed by atoms with Gasteiger partial charge >= 0.3 is 5.97 Å². The molecule has 1 N–H and O–H groups in total. The van der Waals surface area contributed by atoms with E-state index >= 15 is 0 Å². The summed E-state index contributed by atoms with van der Waals surface area (Å²) in [5.41, 5.74) is 0. The number of ether oxygens (including phenoxy) is 1. The van der Waals surface area contributed by atoms with Crippen LogP contribution in [0.5, 0.6) is 0 Å². The lowest BCUT2D eigenvalue weighted by molar-refractivity contribution is -0.140. The zero-order valence-electron chi connectivity index (χ0n) is 9.73. The van der Waals surface area contributed by atoms with Crippen LogP contribution in [-0.2, 0) is 9.53 Å².